The molecule has 84 valence electrons. The van der Waals surface area contributed by atoms with Gasteiger partial charge < -0.3 is 5.73 Å². The van der Waals surface area contributed by atoms with Crippen molar-refractivity contribution in [2.24, 2.45) is 0 Å². The number of hydrogen-bond acceptors (Lipinski definition) is 2. The molecule has 0 bridgehead atoms. The Kier molecular flexibility index (Phi) is 2.55. The third kappa shape index (κ3) is 1.85. The molecule has 0 saturated carbocycles. The van der Waals surface area contributed by atoms with Gasteiger partial charge in [-0.25, -0.2) is 0 Å². The molecular formula is C13H15ClN2. The number of benzene rings is 1. The maximum Gasteiger partial charge on any atom is 0.0707 e. The molecule has 0 aliphatic heterocycles. The molecule has 0 amide bonds. The topological polar surface area (TPSA) is 38.9 Å². The van der Waals surface area contributed by atoms with Gasteiger partial charge in [-0.15, -0.1) is 0 Å². The molecule has 0 unspecified atom stereocenters. The van der Waals surface area contributed by atoms with E-state index < -0.39 is 0 Å². The molecule has 0 aliphatic carbocycles. The van der Waals surface area contributed by atoms with Crippen molar-refractivity contribution < 1.29 is 0 Å². The SMILES string of the molecule is CC(C)(C)c1c(N)cnc2ccc(Cl)cc12. The number of hydrogen-bond donors (Lipinski definition) is 1. The van der Waals surface area contributed by atoms with Crippen molar-refractivity contribution in [2.45, 2.75) is 26.2 Å². The van der Waals surface area contributed by atoms with E-state index in [1.807, 2.05) is 18.2 Å². The first-order valence-electron chi connectivity index (χ1n) is 5.24. The Labute approximate surface area is 100 Å². The second-order valence-corrected chi connectivity index (χ2v) is 5.44. The van der Waals surface area contributed by atoms with E-state index in [0.717, 1.165) is 22.2 Å². The zero-order valence-corrected chi connectivity index (χ0v) is 10.5. The molecule has 2 aromatic rings. The van der Waals surface area contributed by atoms with Gasteiger partial charge in [0.15, 0.2) is 0 Å². The number of nitrogens with two attached hydrogens (primary N) is 1. The van der Waals surface area contributed by atoms with E-state index >= 15 is 0 Å². The minimum Gasteiger partial charge on any atom is -0.397 e. The summed E-state index contributed by atoms with van der Waals surface area (Å²) >= 11 is 6.02. The molecule has 1 aromatic heterocycles. The van der Waals surface area contributed by atoms with Crippen LogP contribution < -0.4 is 5.73 Å². The van der Waals surface area contributed by atoms with Gasteiger partial charge >= 0.3 is 0 Å². The number of aromatic nitrogens is 1. The average molecular weight is 235 g/mol. The second-order valence-electron chi connectivity index (χ2n) is 5.00. The summed E-state index contributed by atoms with van der Waals surface area (Å²) in [7, 11) is 0. The third-order valence-corrected chi connectivity index (χ3v) is 2.84. The second kappa shape index (κ2) is 3.63. The summed E-state index contributed by atoms with van der Waals surface area (Å²) in [5.74, 6) is 0. The van der Waals surface area contributed by atoms with Crippen molar-refractivity contribution in [1.82, 2.24) is 4.98 Å². The summed E-state index contributed by atoms with van der Waals surface area (Å²) < 4.78 is 0. The lowest BCUT2D eigenvalue weighted by atomic mass is 9.84. The number of nitrogen functional groups attached to an aromatic ring is 1. The van der Waals surface area contributed by atoms with E-state index in [-0.39, 0.29) is 5.41 Å². The molecule has 0 spiro atoms. The van der Waals surface area contributed by atoms with Gasteiger partial charge in [0.05, 0.1) is 17.4 Å². The molecule has 0 radical (unpaired) electrons. The maximum atomic E-state index is 6.02. The number of halogens is 1. The predicted molar refractivity (Wildman–Crippen MR) is 69.9 cm³/mol. The number of fused-ring (bicyclic) bond motifs is 1. The first-order chi connectivity index (χ1) is 7.39. The smallest absolute Gasteiger partial charge is 0.0707 e. The fraction of sp³-hybridized carbons (Fsp3) is 0.308. The van der Waals surface area contributed by atoms with Gasteiger partial charge in [-0.05, 0) is 29.2 Å². The molecule has 2 nitrogen and oxygen atoms in total. The average Bonchev–Trinajstić information content (AvgIpc) is 2.14. The Hall–Kier alpha value is -1.28. The van der Waals surface area contributed by atoms with E-state index in [2.05, 4.69) is 25.8 Å². The van der Waals surface area contributed by atoms with Crippen molar-refractivity contribution in [2.75, 3.05) is 5.73 Å². The highest BCUT2D eigenvalue weighted by Gasteiger charge is 2.20. The predicted octanol–water partition coefficient (Wildman–Crippen LogP) is 3.77. The standard InChI is InChI=1S/C13H15ClN2/c1-13(2,3)12-9-6-8(14)4-5-11(9)16-7-10(12)15/h4-7H,15H2,1-3H3. The Bertz CT molecular complexity index is 536. The van der Waals surface area contributed by atoms with Gasteiger partial charge in [0.25, 0.3) is 0 Å². The van der Waals surface area contributed by atoms with Gasteiger partial charge in [0.1, 0.15) is 0 Å². The Morgan fingerprint density at radius 2 is 1.94 bits per heavy atom. The van der Waals surface area contributed by atoms with Crippen molar-refractivity contribution in [3.05, 3.63) is 35.0 Å². The molecule has 2 rings (SSSR count). The normalized spacial score (nSPS) is 12.0. The fourth-order valence-corrected chi connectivity index (χ4v) is 2.19. The van der Waals surface area contributed by atoms with Crippen LogP contribution in [0.15, 0.2) is 24.4 Å². The lowest BCUT2D eigenvalue weighted by Crippen LogP contribution is -2.15. The highest BCUT2D eigenvalue weighted by molar-refractivity contribution is 6.31. The monoisotopic (exact) mass is 234 g/mol. The number of pyridine rings is 1. The highest BCUT2D eigenvalue weighted by atomic mass is 35.5. The molecule has 0 saturated heterocycles. The van der Waals surface area contributed by atoms with Crippen LogP contribution in [0.2, 0.25) is 5.02 Å². The summed E-state index contributed by atoms with van der Waals surface area (Å²) in [6, 6.07) is 5.70. The number of nitrogens with zero attached hydrogens (tertiary/aromatic N) is 1. The molecule has 1 heterocycles. The summed E-state index contributed by atoms with van der Waals surface area (Å²) in [5, 5.41) is 1.76. The van der Waals surface area contributed by atoms with Gasteiger partial charge in [-0.3, -0.25) is 4.98 Å². The Balaban J connectivity index is 2.88. The Morgan fingerprint density at radius 1 is 1.25 bits per heavy atom. The van der Waals surface area contributed by atoms with E-state index in [0.29, 0.717) is 5.02 Å². The van der Waals surface area contributed by atoms with E-state index in [4.69, 9.17) is 17.3 Å². The maximum absolute atomic E-state index is 6.02. The van der Waals surface area contributed by atoms with Crippen LogP contribution in [-0.2, 0) is 5.41 Å². The molecule has 16 heavy (non-hydrogen) atoms. The van der Waals surface area contributed by atoms with Crippen LogP contribution in [0.5, 0.6) is 0 Å². The first-order valence-corrected chi connectivity index (χ1v) is 5.61. The Morgan fingerprint density at radius 3 is 2.56 bits per heavy atom. The van der Waals surface area contributed by atoms with Crippen LogP contribution in [0.1, 0.15) is 26.3 Å². The van der Waals surface area contributed by atoms with E-state index in [1.165, 1.54) is 0 Å². The number of anilines is 1. The minimum absolute atomic E-state index is 0.0179. The van der Waals surface area contributed by atoms with Crippen LogP contribution in [0.25, 0.3) is 10.9 Å². The minimum atomic E-state index is -0.0179. The van der Waals surface area contributed by atoms with Crippen molar-refractivity contribution >= 4 is 28.2 Å². The zero-order valence-electron chi connectivity index (χ0n) is 9.71. The largest absolute Gasteiger partial charge is 0.397 e. The number of rotatable bonds is 0. The highest BCUT2D eigenvalue weighted by Crippen LogP contribution is 2.34. The van der Waals surface area contributed by atoms with E-state index in [1.54, 1.807) is 6.20 Å². The van der Waals surface area contributed by atoms with Gasteiger partial charge in [-0.2, -0.15) is 0 Å². The van der Waals surface area contributed by atoms with Crippen LogP contribution in [0.3, 0.4) is 0 Å². The lowest BCUT2D eigenvalue weighted by Gasteiger charge is -2.23. The van der Waals surface area contributed by atoms with Crippen molar-refractivity contribution in [1.29, 1.82) is 0 Å². The van der Waals surface area contributed by atoms with Crippen molar-refractivity contribution in [3.8, 4) is 0 Å². The first kappa shape index (κ1) is 11.2. The molecule has 0 atom stereocenters. The van der Waals surface area contributed by atoms with Gasteiger partial charge in [0, 0.05) is 10.4 Å². The van der Waals surface area contributed by atoms with Gasteiger partial charge in [-0.1, -0.05) is 32.4 Å². The van der Waals surface area contributed by atoms with Crippen LogP contribution in [-0.4, -0.2) is 4.98 Å². The molecule has 2 N–H and O–H groups in total. The van der Waals surface area contributed by atoms with Crippen molar-refractivity contribution in [3.63, 3.8) is 0 Å². The van der Waals surface area contributed by atoms with Crippen LogP contribution in [0.4, 0.5) is 5.69 Å². The molecule has 1 aromatic carbocycles. The lowest BCUT2D eigenvalue weighted by molar-refractivity contribution is 0.597. The van der Waals surface area contributed by atoms with Crippen LogP contribution >= 0.6 is 11.6 Å². The molecule has 3 heteroatoms. The third-order valence-electron chi connectivity index (χ3n) is 2.61. The summed E-state index contributed by atoms with van der Waals surface area (Å²) in [5.41, 5.74) is 8.77. The van der Waals surface area contributed by atoms with Gasteiger partial charge in [0.2, 0.25) is 0 Å². The summed E-state index contributed by atoms with van der Waals surface area (Å²) in [6.07, 6.45) is 1.72. The van der Waals surface area contributed by atoms with Crippen LogP contribution in [0, 0.1) is 0 Å². The van der Waals surface area contributed by atoms with E-state index in [9.17, 15) is 0 Å². The summed E-state index contributed by atoms with van der Waals surface area (Å²) in [6.45, 7) is 6.41. The fourth-order valence-electron chi connectivity index (χ4n) is 2.02. The summed E-state index contributed by atoms with van der Waals surface area (Å²) in [4.78, 5) is 4.31. The molecular weight excluding hydrogens is 220 g/mol. The molecule has 0 aliphatic rings. The molecule has 0 fully saturated rings. The quantitative estimate of drug-likeness (QED) is 0.754. The zero-order chi connectivity index (χ0) is 11.9.